The van der Waals surface area contributed by atoms with Crippen LogP contribution < -0.4 is 14.4 Å². The predicted molar refractivity (Wildman–Crippen MR) is 127 cm³/mol. The van der Waals surface area contributed by atoms with E-state index in [-0.39, 0.29) is 11.3 Å². The number of carbonyl (C=O) groups is 2. The van der Waals surface area contributed by atoms with Crippen LogP contribution in [0, 0.1) is 6.92 Å². The molecule has 1 amide bonds. The lowest BCUT2D eigenvalue weighted by atomic mass is 9.94. The molecule has 1 aliphatic heterocycles. The highest BCUT2D eigenvalue weighted by Crippen LogP contribution is 2.43. The molecule has 0 aromatic heterocycles. The minimum absolute atomic E-state index is 0.0777. The summed E-state index contributed by atoms with van der Waals surface area (Å²) in [5.74, 6) is -0.221. The molecule has 7 nitrogen and oxygen atoms in total. The Labute approximate surface area is 195 Å². The van der Waals surface area contributed by atoms with Crippen LogP contribution in [0.1, 0.15) is 36.1 Å². The van der Waals surface area contributed by atoms with Crippen LogP contribution in [-0.2, 0) is 9.59 Å². The third-order valence-electron chi connectivity index (χ3n) is 5.80. The molecule has 0 aliphatic carbocycles. The second-order valence-corrected chi connectivity index (χ2v) is 8.46. The fourth-order valence-corrected chi connectivity index (χ4v) is 4.21. The van der Waals surface area contributed by atoms with Crippen LogP contribution in [0.15, 0.2) is 48.0 Å². The summed E-state index contributed by atoms with van der Waals surface area (Å²) in [5.41, 5.74) is 2.04. The Kier molecular flexibility index (Phi) is 7.76. The molecule has 1 unspecified atom stereocenters. The zero-order chi connectivity index (χ0) is 24.1. The monoisotopic (exact) mass is 453 g/mol. The Balaban J connectivity index is 2.16. The molecular weight excluding hydrogens is 420 g/mol. The first-order valence-corrected chi connectivity index (χ1v) is 11.2. The minimum Gasteiger partial charge on any atom is -0.507 e. The first-order chi connectivity index (χ1) is 15.8. The van der Waals surface area contributed by atoms with Crippen LogP contribution in [0.2, 0.25) is 0 Å². The first-order valence-electron chi connectivity index (χ1n) is 11.2. The summed E-state index contributed by atoms with van der Waals surface area (Å²) < 4.78 is 11.1. The maximum absolute atomic E-state index is 13.2. The predicted octanol–water partition coefficient (Wildman–Crippen LogP) is 2.36. The minimum atomic E-state index is -0.729. The summed E-state index contributed by atoms with van der Waals surface area (Å²) in [6.07, 6.45) is 0.727. The Morgan fingerprint density at radius 2 is 1.85 bits per heavy atom. The number of ether oxygens (including phenoxy) is 2. The van der Waals surface area contributed by atoms with Crippen molar-refractivity contribution in [3.63, 3.8) is 0 Å². The number of methoxy groups -OCH3 is 1. The van der Waals surface area contributed by atoms with E-state index in [1.165, 1.54) is 4.90 Å². The molecule has 1 heterocycles. The molecule has 1 saturated heterocycles. The maximum atomic E-state index is 13.2. The van der Waals surface area contributed by atoms with Crippen LogP contribution in [0.4, 0.5) is 0 Å². The highest BCUT2D eigenvalue weighted by Gasteiger charge is 2.46. The number of nitrogens with one attached hydrogen (secondary N) is 1. The van der Waals surface area contributed by atoms with E-state index < -0.39 is 17.7 Å². The van der Waals surface area contributed by atoms with Crippen molar-refractivity contribution in [2.45, 2.75) is 26.3 Å². The normalized spacial score (nSPS) is 17.6. The van der Waals surface area contributed by atoms with E-state index in [4.69, 9.17) is 9.47 Å². The van der Waals surface area contributed by atoms with Crippen molar-refractivity contribution in [2.75, 3.05) is 40.9 Å². The van der Waals surface area contributed by atoms with E-state index in [0.717, 1.165) is 18.5 Å². The second kappa shape index (κ2) is 10.5. The van der Waals surface area contributed by atoms with Gasteiger partial charge < -0.3 is 24.4 Å². The lowest BCUT2D eigenvalue weighted by Crippen LogP contribution is -3.05. The molecule has 2 aromatic rings. The van der Waals surface area contributed by atoms with Crippen LogP contribution in [0.5, 0.6) is 11.5 Å². The van der Waals surface area contributed by atoms with Crippen LogP contribution in [-0.4, -0.2) is 62.6 Å². The third kappa shape index (κ3) is 5.03. The summed E-state index contributed by atoms with van der Waals surface area (Å²) in [4.78, 5) is 29.1. The van der Waals surface area contributed by atoms with Crippen molar-refractivity contribution in [1.82, 2.24) is 4.90 Å². The number of amides is 1. The van der Waals surface area contributed by atoms with Crippen molar-refractivity contribution >= 4 is 17.4 Å². The van der Waals surface area contributed by atoms with Gasteiger partial charge in [-0.25, -0.2) is 0 Å². The number of aryl methyl sites for hydroxylation is 1. The topological polar surface area (TPSA) is 80.5 Å². The number of nitrogens with zero attached hydrogens (tertiary/aromatic N) is 1. The molecule has 1 atom stereocenters. The second-order valence-electron chi connectivity index (χ2n) is 8.46. The smallest absolute Gasteiger partial charge is 0.295 e. The average Bonchev–Trinajstić information content (AvgIpc) is 3.04. The molecule has 1 aliphatic rings. The largest absolute Gasteiger partial charge is 0.507 e. The summed E-state index contributed by atoms with van der Waals surface area (Å²) >= 11 is 0. The number of quaternary nitrogens is 1. The number of hydrogen-bond acceptors (Lipinski definition) is 5. The van der Waals surface area contributed by atoms with Crippen LogP contribution >= 0.6 is 0 Å². The lowest BCUT2D eigenvalue weighted by Gasteiger charge is -2.27. The maximum Gasteiger partial charge on any atom is 0.295 e. The van der Waals surface area contributed by atoms with Gasteiger partial charge in [-0.15, -0.1) is 0 Å². The summed E-state index contributed by atoms with van der Waals surface area (Å²) in [7, 11) is 5.66. The van der Waals surface area contributed by atoms with Gasteiger partial charge in [0.1, 0.15) is 17.3 Å². The third-order valence-corrected chi connectivity index (χ3v) is 5.80. The van der Waals surface area contributed by atoms with Gasteiger partial charge in [0, 0.05) is 24.1 Å². The van der Waals surface area contributed by atoms with Crippen LogP contribution in [0.3, 0.4) is 0 Å². The number of ketones is 1. The van der Waals surface area contributed by atoms with Gasteiger partial charge >= 0.3 is 0 Å². The molecule has 2 N–H and O–H groups in total. The molecule has 2 aromatic carbocycles. The number of Topliss-reactive ketones (excluding diaryl/α,β-unsaturated/α-hetero) is 1. The number of rotatable bonds is 9. The zero-order valence-electron chi connectivity index (χ0n) is 20.0. The van der Waals surface area contributed by atoms with E-state index in [1.807, 2.05) is 52.2 Å². The molecular formula is C26H33N2O5+. The quantitative estimate of drug-likeness (QED) is 0.346. The van der Waals surface area contributed by atoms with Crippen molar-refractivity contribution < 1.29 is 29.1 Å². The number of para-hydroxylation sites is 1. The highest BCUT2D eigenvalue weighted by molar-refractivity contribution is 6.46. The highest BCUT2D eigenvalue weighted by atomic mass is 16.5. The van der Waals surface area contributed by atoms with E-state index in [0.29, 0.717) is 35.8 Å². The van der Waals surface area contributed by atoms with Gasteiger partial charge in [0.05, 0.1) is 46.0 Å². The zero-order valence-corrected chi connectivity index (χ0v) is 20.0. The number of aliphatic hydroxyl groups is 1. The van der Waals surface area contributed by atoms with Gasteiger partial charge in [-0.2, -0.15) is 0 Å². The van der Waals surface area contributed by atoms with Gasteiger partial charge in [-0.05, 0) is 43.7 Å². The number of likely N-dealkylation sites (tertiary alicyclic amines) is 1. The molecule has 176 valence electrons. The Morgan fingerprint density at radius 1 is 1.12 bits per heavy atom. The number of aliphatic hydroxyl groups excluding tert-OH is 1. The van der Waals surface area contributed by atoms with Crippen LogP contribution in [0.25, 0.3) is 5.76 Å². The molecule has 0 radical (unpaired) electrons. The van der Waals surface area contributed by atoms with Gasteiger partial charge in [-0.3, -0.25) is 9.59 Å². The molecule has 33 heavy (non-hydrogen) atoms. The number of hydrogen-bond donors (Lipinski definition) is 2. The van der Waals surface area contributed by atoms with Gasteiger partial charge in [-0.1, -0.05) is 18.2 Å². The molecule has 0 saturated carbocycles. The van der Waals surface area contributed by atoms with Gasteiger partial charge in [0.2, 0.25) is 0 Å². The Bertz CT molecular complexity index is 1060. The fourth-order valence-electron chi connectivity index (χ4n) is 4.21. The van der Waals surface area contributed by atoms with E-state index in [9.17, 15) is 14.7 Å². The molecule has 7 heteroatoms. The van der Waals surface area contributed by atoms with Crippen molar-refractivity contribution in [1.29, 1.82) is 0 Å². The Hall–Kier alpha value is -3.32. The fraction of sp³-hybridized carbons (Fsp3) is 0.385. The summed E-state index contributed by atoms with van der Waals surface area (Å²) in [6.45, 7) is 5.44. The van der Waals surface area contributed by atoms with E-state index >= 15 is 0 Å². The first kappa shape index (κ1) is 24.3. The Morgan fingerprint density at radius 3 is 2.48 bits per heavy atom. The van der Waals surface area contributed by atoms with Crippen molar-refractivity contribution in [3.05, 3.63) is 64.7 Å². The average molecular weight is 454 g/mol. The van der Waals surface area contributed by atoms with Gasteiger partial charge in [0.25, 0.3) is 11.7 Å². The molecule has 3 rings (SSSR count). The standard InChI is InChI=1S/C26H32N2O5/c1-6-33-21-11-8-7-10-19(21)23-22(24(29)18-12-13-20(32-5)17(2)16-18)25(30)26(31)28(23)15-9-14-27(3)4/h7-8,10-13,16,23,29H,6,9,14-15H2,1-5H3/p+1. The number of carbonyl (C=O) groups excluding carboxylic acids is 2. The van der Waals surface area contributed by atoms with Gasteiger partial charge in [0.15, 0.2) is 0 Å². The van der Waals surface area contributed by atoms with E-state index in [2.05, 4.69) is 0 Å². The molecule has 0 bridgehead atoms. The SMILES string of the molecule is CCOc1ccccc1C1C(=C(O)c2ccc(OC)c(C)c2)C(=O)C(=O)N1CCC[NH+](C)C. The summed E-state index contributed by atoms with van der Waals surface area (Å²) in [6, 6.07) is 11.8. The molecule has 0 spiro atoms. The lowest BCUT2D eigenvalue weighted by molar-refractivity contribution is -0.858. The van der Waals surface area contributed by atoms with Crippen molar-refractivity contribution in [3.8, 4) is 11.5 Å². The molecule has 1 fully saturated rings. The van der Waals surface area contributed by atoms with Crippen molar-refractivity contribution in [2.24, 2.45) is 0 Å². The summed E-state index contributed by atoms with van der Waals surface area (Å²) in [5, 5.41) is 11.3. The number of benzene rings is 2. The van der Waals surface area contributed by atoms with E-state index in [1.54, 1.807) is 30.2 Å².